The molecule has 0 saturated carbocycles. The molecule has 0 fully saturated rings. The largest absolute Gasteiger partial charge is 0.376 e. The van der Waals surface area contributed by atoms with Gasteiger partial charge in [-0.3, -0.25) is 14.4 Å². The highest BCUT2D eigenvalue weighted by Gasteiger charge is 2.08. The maximum absolute atomic E-state index is 12.3. The van der Waals surface area contributed by atoms with Crippen LogP contribution in [0.1, 0.15) is 56.8 Å². The Hall–Kier alpha value is -3.35. The van der Waals surface area contributed by atoms with Gasteiger partial charge in [0.2, 0.25) is 11.8 Å². The molecule has 3 amide bonds. The highest BCUT2D eigenvalue weighted by molar-refractivity contribution is 5.96. The minimum Gasteiger partial charge on any atom is -0.376 e. The number of rotatable bonds is 11. The molecule has 0 aliphatic rings. The predicted molar refractivity (Wildman–Crippen MR) is 125 cm³/mol. The Labute approximate surface area is 184 Å². The van der Waals surface area contributed by atoms with Gasteiger partial charge in [0.05, 0.1) is 6.54 Å². The number of unbranched alkanes of at least 4 members (excludes halogenated alkanes) is 2. The van der Waals surface area contributed by atoms with Gasteiger partial charge in [-0.1, -0.05) is 25.8 Å². The summed E-state index contributed by atoms with van der Waals surface area (Å²) in [7, 11) is 0. The van der Waals surface area contributed by atoms with Gasteiger partial charge in [-0.05, 0) is 62.7 Å². The number of anilines is 3. The Balaban J connectivity index is 1.82. The van der Waals surface area contributed by atoms with Crippen molar-refractivity contribution in [1.82, 2.24) is 5.32 Å². The van der Waals surface area contributed by atoms with Crippen LogP contribution < -0.4 is 21.3 Å². The van der Waals surface area contributed by atoms with Gasteiger partial charge in [0.15, 0.2) is 0 Å². The van der Waals surface area contributed by atoms with E-state index in [-0.39, 0.29) is 30.3 Å². The lowest BCUT2D eigenvalue weighted by Gasteiger charge is -2.11. The number of carbonyl (C=O) groups is 3. The summed E-state index contributed by atoms with van der Waals surface area (Å²) < 4.78 is 0. The van der Waals surface area contributed by atoms with Crippen molar-refractivity contribution in [3.63, 3.8) is 0 Å². The Morgan fingerprint density at radius 1 is 0.839 bits per heavy atom. The van der Waals surface area contributed by atoms with Crippen LogP contribution in [-0.2, 0) is 9.59 Å². The van der Waals surface area contributed by atoms with Crippen LogP contribution in [0.5, 0.6) is 0 Å². The summed E-state index contributed by atoms with van der Waals surface area (Å²) in [4.78, 5) is 36.2. The number of hydrogen-bond donors (Lipinski definition) is 4. The van der Waals surface area contributed by atoms with Crippen molar-refractivity contribution in [2.24, 2.45) is 0 Å². The zero-order valence-corrected chi connectivity index (χ0v) is 18.5. The van der Waals surface area contributed by atoms with E-state index in [0.717, 1.165) is 24.9 Å². The van der Waals surface area contributed by atoms with Crippen LogP contribution in [0, 0.1) is 0 Å². The first-order valence-corrected chi connectivity index (χ1v) is 10.7. The third kappa shape index (κ3) is 8.90. The predicted octanol–water partition coefficient (Wildman–Crippen LogP) is 4.39. The molecule has 0 aliphatic carbocycles. The van der Waals surface area contributed by atoms with Crippen molar-refractivity contribution in [3.05, 3.63) is 54.1 Å². The van der Waals surface area contributed by atoms with Crippen LogP contribution >= 0.6 is 0 Å². The van der Waals surface area contributed by atoms with Gasteiger partial charge in [-0.15, -0.1) is 0 Å². The molecule has 166 valence electrons. The zero-order chi connectivity index (χ0) is 22.6. The van der Waals surface area contributed by atoms with E-state index < -0.39 is 0 Å². The lowest BCUT2D eigenvalue weighted by atomic mass is 10.2. The monoisotopic (exact) mass is 424 g/mol. The van der Waals surface area contributed by atoms with E-state index in [1.165, 1.54) is 0 Å². The molecule has 4 N–H and O–H groups in total. The number of amides is 3. The second kappa shape index (κ2) is 12.4. The lowest BCUT2D eigenvalue weighted by molar-refractivity contribution is -0.116. The molecule has 0 unspecified atom stereocenters. The molecule has 0 spiro atoms. The fourth-order valence-electron chi connectivity index (χ4n) is 2.91. The van der Waals surface area contributed by atoms with Crippen LogP contribution in [0.25, 0.3) is 0 Å². The molecular weight excluding hydrogens is 392 g/mol. The number of hydrogen-bond acceptors (Lipinski definition) is 4. The molecule has 0 aromatic heterocycles. The molecular formula is C24H32N4O3. The van der Waals surface area contributed by atoms with Gasteiger partial charge >= 0.3 is 0 Å². The third-order valence-electron chi connectivity index (χ3n) is 4.46. The summed E-state index contributed by atoms with van der Waals surface area (Å²) in [5, 5.41) is 11.5. The second-order valence-electron chi connectivity index (χ2n) is 7.69. The van der Waals surface area contributed by atoms with Crippen molar-refractivity contribution >= 4 is 34.8 Å². The van der Waals surface area contributed by atoms with Crippen molar-refractivity contribution in [3.8, 4) is 0 Å². The normalized spacial score (nSPS) is 10.5. The van der Waals surface area contributed by atoms with Crippen LogP contribution in [0.3, 0.4) is 0 Å². The second-order valence-corrected chi connectivity index (χ2v) is 7.69. The molecule has 0 heterocycles. The van der Waals surface area contributed by atoms with E-state index in [1.807, 2.05) is 13.8 Å². The van der Waals surface area contributed by atoms with E-state index in [4.69, 9.17) is 0 Å². The number of nitrogens with one attached hydrogen (secondary N) is 4. The summed E-state index contributed by atoms with van der Waals surface area (Å²) in [6.07, 6.45) is 3.46. The number of benzene rings is 2. The molecule has 0 radical (unpaired) electrons. The molecule has 0 saturated heterocycles. The van der Waals surface area contributed by atoms with E-state index in [9.17, 15) is 14.4 Å². The van der Waals surface area contributed by atoms with Crippen molar-refractivity contribution in [1.29, 1.82) is 0 Å². The summed E-state index contributed by atoms with van der Waals surface area (Å²) >= 11 is 0. The number of carbonyl (C=O) groups excluding carboxylic acids is 3. The zero-order valence-electron chi connectivity index (χ0n) is 18.5. The third-order valence-corrected chi connectivity index (χ3v) is 4.46. The molecule has 7 heteroatoms. The highest BCUT2D eigenvalue weighted by atomic mass is 16.2. The summed E-state index contributed by atoms with van der Waals surface area (Å²) in [5.74, 6) is -0.367. The Morgan fingerprint density at radius 3 is 2.10 bits per heavy atom. The fourth-order valence-corrected chi connectivity index (χ4v) is 2.91. The molecule has 2 rings (SSSR count). The Bertz CT molecular complexity index is 879. The van der Waals surface area contributed by atoms with E-state index in [1.54, 1.807) is 48.5 Å². The molecule has 7 nitrogen and oxygen atoms in total. The average molecular weight is 425 g/mol. The maximum Gasteiger partial charge on any atom is 0.251 e. The van der Waals surface area contributed by atoms with Crippen molar-refractivity contribution < 1.29 is 14.4 Å². The highest BCUT2D eigenvalue weighted by Crippen LogP contribution is 2.16. The summed E-state index contributed by atoms with van der Waals surface area (Å²) in [6, 6.07) is 14.1. The molecule has 31 heavy (non-hydrogen) atoms. The van der Waals surface area contributed by atoms with Gasteiger partial charge in [0, 0.05) is 35.1 Å². The molecule has 0 atom stereocenters. The molecule has 0 bridgehead atoms. The van der Waals surface area contributed by atoms with Gasteiger partial charge in [0.25, 0.3) is 5.91 Å². The Kier molecular flexibility index (Phi) is 9.55. The van der Waals surface area contributed by atoms with Crippen LogP contribution in [0.2, 0.25) is 0 Å². The standard InChI is InChI=1S/C24H32N4O3/c1-4-5-6-10-22(29)27-20-8-7-9-21(15-20)28-23(30)16-25-19-13-11-18(12-14-19)24(31)26-17(2)3/h7-9,11-15,17,25H,4-6,10,16H2,1-3H3,(H,26,31)(H,27,29)(H,28,30). The SMILES string of the molecule is CCCCCC(=O)Nc1cccc(NC(=O)CNc2ccc(C(=O)NC(C)C)cc2)c1. The van der Waals surface area contributed by atoms with Gasteiger partial charge < -0.3 is 21.3 Å². The minimum atomic E-state index is -0.215. The molecule has 2 aromatic carbocycles. The van der Waals surface area contributed by atoms with Crippen molar-refractivity contribution in [2.75, 3.05) is 22.5 Å². The van der Waals surface area contributed by atoms with Crippen LogP contribution in [-0.4, -0.2) is 30.3 Å². The molecule has 2 aromatic rings. The average Bonchev–Trinajstić information content (AvgIpc) is 2.72. The van der Waals surface area contributed by atoms with Gasteiger partial charge in [-0.25, -0.2) is 0 Å². The van der Waals surface area contributed by atoms with E-state index in [0.29, 0.717) is 23.4 Å². The minimum absolute atomic E-state index is 0.0240. The Morgan fingerprint density at radius 2 is 1.48 bits per heavy atom. The van der Waals surface area contributed by atoms with Gasteiger partial charge in [0.1, 0.15) is 0 Å². The van der Waals surface area contributed by atoms with E-state index >= 15 is 0 Å². The fraction of sp³-hybridized carbons (Fsp3) is 0.375. The lowest BCUT2D eigenvalue weighted by Crippen LogP contribution is -2.30. The smallest absolute Gasteiger partial charge is 0.251 e. The summed E-state index contributed by atoms with van der Waals surface area (Å²) in [5.41, 5.74) is 2.57. The van der Waals surface area contributed by atoms with Crippen LogP contribution in [0.4, 0.5) is 17.1 Å². The first kappa shape index (κ1) is 23.9. The maximum atomic E-state index is 12.3. The molecule has 0 aliphatic heterocycles. The summed E-state index contributed by atoms with van der Waals surface area (Å²) in [6.45, 7) is 5.98. The first-order valence-electron chi connectivity index (χ1n) is 10.7. The first-order chi connectivity index (χ1) is 14.9. The quantitative estimate of drug-likeness (QED) is 0.402. The van der Waals surface area contributed by atoms with Gasteiger partial charge in [-0.2, -0.15) is 0 Å². The van der Waals surface area contributed by atoms with E-state index in [2.05, 4.69) is 28.2 Å². The topological polar surface area (TPSA) is 99.3 Å². The van der Waals surface area contributed by atoms with Crippen LogP contribution in [0.15, 0.2) is 48.5 Å². The van der Waals surface area contributed by atoms with Crippen molar-refractivity contribution in [2.45, 2.75) is 52.5 Å².